The predicted molar refractivity (Wildman–Crippen MR) is 97.7 cm³/mol. The summed E-state index contributed by atoms with van der Waals surface area (Å²) < 4.78 is 28.5. The number of piperidine rings is 1. The van der Waals surface area contributed by atoms with E-state index in [2.05, 4.69) is 10.4 Å². The topological polar surface area (TPSA) is 84.3 Å². The van der Waals surface area contributed by atoms with Gasteiger partial charge in [0.05, 0.1) is 17.1 Å². The summed E-state index contributed by atoms with van der Waals surface area (Å²) in [6.45, 7) is 3.92. The third-order valence-electron chi connectivity index (χ3n) is 4.67. The highest BCUT2D eigenvalue weighted by Gasteiger charge is 2.31. The van der Waals surface area contributed by atoms with Gasteiger partial charge in [-0.15, -0.1) is 0 Å². The molecule has 1 aliphatic rings. The highest BCUT2D eigenvalue weighted by molar-refractivity contribution is 7.89. The highest BCUT2D eigenvalue weighted by atomic mass is 32.2. The van der Waals surface area contributed by atoms with Gasteiger partial charge in [-0.3, -0.25) is 9.48 Å². The SMILES string of the molecule is CCn1ccc(CNC(=O)C2CCN(S(=O)(=O)c3ccccc3)CC2)n1. The van der Waals surface area contributed by atoms with Crippen LogP contribution >= 0.6 is 0 Å². The molecule has 0 radical (unpaired) electrons. The fraction of sp³-hybridized carbons (Fsp3) is 0.444. The maximum Gasteiger partial charge on any atom is 0.243 e. The van der Waals surface area contributed by atoms with Crippen molar-refractivity contribution >= 4 is 15.9 Å². The third kappa shape index (κ3) is 4.13. The number of aromatic nitrogens is 2. The molecule has 8 heteroatoms. The summed E-state index contributed by atoms with van der Waals surface area (Å²) in [4.78, 5) is 12.7. The maximum atomic E-state index is 12.6. The summed E-state index contributed by atoms with van der Waals surface area (Å²) in [5, 5.41) is 7.25. The summed E-state index contributed by atoms with van der Waals surface area (Å²) in [6, 6.07) is 10.3. The molecule has 26 heavy (non-hydrogen) atoms. The monoisotopic (exact) mass is 376 g/mol. The number of nitrogens with zero attached hydrogens (tertiary/aromatic N) is 3. The molecule has 0 spiro atoms. The number of carbonyl (C=O) groups excluding carboxylic acids is 1. The Kier molecular flexibility index (Phi) is 5.73. The van der Waals surface area contributed by atoms with Crippen LogP contribution in [0.2, 0.25) is 0 Å². The van der Waals surface area contributed by atoms with Gasteiger partial charge in [0.15, 0.2) is 0 Å². The van der Waals surface area contributed by atoms with Crippen molar-refractivity contribution in [2.24, 2.45) is 5.92 Å². The van der Waals surface area contributed by atoms with Gasteiger partial charge < -0.3 is 5.32 Å². The van der Waals surface area contributed by atoms with E-state index in [0.29, 0.717) is 37.4 Å². The molecule has 1 N–H and O–H groups in total. The van der Waals surface area contributed by atoms with E-state index in [0.717, 1.165) is 12.2 Å². The molecule has 0 bridgehead atoms. The number of amides is 1. The summed E-state index contributed by atoms with van der Waals surface area (Å²) in [6.07, 6.45) is 2.94. The van der Waals surface area contributed by atoms with Crippen molar-refractivity contribution in [1.29, 1.82) is 0 Å². The molecule has 1 aromatic carbocycles. The first-order valence-electron chi connectivity index (χ1n) is 8.86. The van der Waals surface area contributed by atoms with E-state index in [1.54, 1.807) is 30.3 Å². The molecule has 0 aliphatic carbocycles. The molecule has 1 fully saturated rings. The highest BCUT2D eigenvalue weighted by Crippen LogP contribution is 2.23. The molecule has 2 heterocycles. The van der Waals surface area contributed by atoms with Crippen molar-refractivity contribution < 1.29 is 13.2 Å². The number of hydrogen-bond acceptors (Lipinski definition) is 4. The first-order valence-corrected chi connectivity index (χ1v) is 10.3. The number of aryl methyl sites for hydroxylation is 1. The van der Waals surface area contributed by atoms with Gasteiger partial charge >= 0.3 is 0 Å². The van der Waals surface area contributed by atoms with Crippen molar-refractivity contribution in [3.05, 3.63) is 48.3 Å². The van der Waals surface area contributed by atoms with Crippen LogP contribution in [0.1, 0.15) is 25.5 Å². The maximum absolute atomic E-state index is 12.6. The zero-order chi connectivity index (χ0) is 18.6. The van der Waals surface area contributed by atoms with Crippen molar-refractivity contribution in [2.75, 3.05) is 13.1 Å². The Morgan fingerprint density at radius 3 is 2.50 bits per heavy atom. The van der Waals surface area contributed by atoms with Crippen molar-refractivity contribution in [3.8, 4) is 0 Å². The average Bonchev–Trinajstić information content (AvgIpc) is 3.15. The zero-order valence-corrected chi connectivity index (χ0v) is 15.7. The fourth-order valence-corrected chi connectivity index (χ4v) is 4.59. The summed E-state index contributed by atoms with van der Waals surface area (Å²) >= 11 is 0. The number of hydrogen-bond donors (Lipinski definition) is 1. The minimum absolute atomic E-state index is 0.0344. The number of benzene rings is 1. The van der Waals surface area contributed by atoms with E-state index in [-0.39, 0.29) is 11.8 Å². The van der Waals surface area contributed by atoms with Crippen LogP contribution in [0.4, 0.5) is 0 Å². The first kappa shape index (κ1) is 18.6. The number of sulfonamides is 1. The molecule has 1 aromatic heterocycles. The average molecular weight is 376 g/mol. The Morgan fingerprint density at radius 1 is 1.19 bits per heavy atom. The van der Waals surface area contributed by atoms with Crippen LogP contribution < -0.4 is 5.32 Å². The molecule has 0 atom stereocenters. The van der Waals surface area contributed by atoms with Gasteiger partial charge in [0, 0.05) is 31.7 Å². The molecule has 0 unspecified atom stereocenters. The minimum Gasteiger partial charge on any atom is -0.350 e. The van der Waals surface area contributed by atoms with Gasteiger partial charge in [0.25, 0.3) is 0 Å². The number of carbonyl (C=O) groups is 1. The number of rotatable bonds is 6. The standard InChI is InChI=1S/C18H24N4O3S/c1-2-21-11-10-16(20-21)14-19-18(23)15-8-12-22(13-9-15)26(24,25)17-6-4-3-5-7-17/h3-7,10-11,15H,2,8-9,12-14H2,1H3,(H,19,23). The van der Waals surface area contributed by atoms with Gasteiger partial charge in [-0.2, -0.15) is 9.40 Å². The second-order valence-electron chi connectivity index (χ2n) is 6.37. The molecule has 1 aliphatic heterocycles. The summed E-state index contributed by atoms with van der Waals surface area (Å²) in [7, 11) is -3.48. The van der Waals surface area contributed by atoms with E-state index in [1.807, 2.05) is 23.9 Å². The van der Waals surface area contributed by atoms with Gasteiger partial charge in [-0.05, 0) is 38.0 Å². The van der Waals surface area contributed by atoms with Crippen molar-refractivity contribution in [3.63, 3.8) is 0 Å². The van der Waals surface area contributed by atoms with E-state index < -0.39 is 10.0 Å². The lowest BCUT2D eigenvalue weighted by atomic mass is 9.97. The van der Waals surface area contributed by atoms with E-state index in [9.17, 15) is 13.2 Å². The molecule has 3 rings (SSSR count). The molecule has 1 saturated heterocycles. The molecule has 140 valence electrons. The van der Waals surface area contributed by atoms with Crippen molar-refractivity contribution in [1.82, 2.24) is 19.4 Å². The number of nitrogens with one attached hydrogen (secondary N) is 1. The lowest BCUT2D eigenvalue weighted by Crippen LogP contribution is -2.42. The van der Waals surface area contributed by atoms with E-state index in [4.69, 9.17) is 0 Å². The Balaban J connectivity index is 1.52. The molecule has 7 nitrogen and oxygen atoms in total. The van der Waals surface area contributed by atoms with Crippen LogP contribution in [0.5, 0.6) is 0 Å². The Labute approximate surface area is 154 Å². The largest absolute Gasteiger partial charge is 0.350 e. The third-order valence-corrected chi connectivity index (χ3v) is 6.58. The smallest absolute Gasteiger partial charge is 0.243 e. The predicted octanol–water partition coefficient (Wildman–Crippen LogP) is 1.62. The van der Waals surface area contributed by atoms with Crippen LogP contribution in [0, 0.1) is 5.92 Å². The summed E-state index contributed by atoms with van der Waals surface area (Å²) in [5.41, 5.74) is 0.823. The summed E-state index contributed by atoms with van der Waals surface area (Å²) in [5.74, 6) is -0.196. The second kappa shape index (κ2) is 8.01. The van der Waals surface area contributed by atoms with Gasteiger partial charge in [-0.25, -0.2) is 8.42 Å². The van der Waals surface area contributed by atoms with Gasteiger partial charge in [0.2, 0.25) is 15.9 Å². The van der Waals surface area contributed by atoms with Crippen molar-refractivity contribution in [2.45, 2.75) is 37.8 Å². The quantitative estimate of drug-likeness (QED) is 0.830. The van der Waals surface area contributed by atoms with Gasteiger partial charge in [0.1, 0.15) is 0 Å². The fourth-order valence-electron chi connectivity index (χ4n) is 3.10. The van der Waals surface area contributed by atoms with Crippen LogP contribution in [0.25, 0.3) is 0 Å². The molecular formula is C18H24N4O3S. The van der Waals surface area contributed by atoms with Gasteiger partial charge in [-0.1, -0.05) is 18.2 Å². The second-order valence-corrected chi connectivity index (χ2v) is 8.31. The van der Waals surface area contributed by atoms with Crippen LogP contribution in [-0.4, -0.2) is 41.5 Å². The first-order chi connectivity index (χ1) is 12.5. The molecule has 2 aromatic rings. The van der Waals surface area contributed by atoms with Crippen LogP contribution in [-0.2, 0) is 27.9 Å². The van der Waals surface area contributed by atoms with E-state index >= 15 is 0 Å². The van der Waals surface area contributed by atoms with Crippen LogP contribution in [0.15, 0.2) is 47.5 Å². The minimum atomic E-state index is -3.48. The zero-order valence-electron chi connectivity index (χ0n) is 14.8. The van der Waals surface area contributed by atoms with E-state index in [1.165, 1.54) is 4.31 Å². The van der Waals surface area contributed by atoms with Crippen LogP contribution in [0.3, 0.4) is 0 Å². The Morgan fingerprint density at radius 2 is 1.88 bits per heavy atom. The molecule has 1 amide bonds. The Hall–Kier alpha value is -2.19. The lowest BCUT2D eigenvalue weighted by Gasteiger charge is -2.30. The lowest BCUT2D eigenvalue weighted by molar-refractivity contribution is -0.126. The molecular weight excluding hydrogens is 352 g/mol. The Bertz CT molecular complexity index is 840. The molecule has 0 saturated carbocycles. The normalized spacial score (nSPS) is 16.5.